The quantitative estimate of drug-likeness (QED) is 0.421. The van der Waals surface area contributed by atoms with Gasteiger partial charge in [-0.25, -0.2) is 9.37 Å². The van der Waals surface area contributed by atoms with E-state index in [2.05, 4.69) is 21.8 Å². The molecule has 1 aliphatic rings. The van der Waals surface area contributed by atoms with Crippen molar-refractivity contribution in [2.45, 2.75) is 19.8 Å². The predicted molar refractivity (Wildman–Crippen MR) is 120 cm³/mol. The van der Waals surface area contributed by atoms with E-state index in [1.165, 1.54) is 18.9 Å². The summed E-state index contributed by atoms with van der Waals surface area (Å²) in [6, 6.07) is 10.5. The van der Waals surface area contributed by atoms with Gasteiger partial charge in [-0.15, -0.1) is 0 Å². The van der Waals surface area contributed by atoms with E-state index in [-0.39, 0.29) is 5.82 Å². The molecule has 2 aromatic carbocycles. The first-order valence-electron chi connectivity index (χ1n) is 10.2. The van der Waals surface area contributed by atoms with E-state index < -0.39 is 0 Å². The van der Waals surface area contributed by atoms with Gasteiger partial charge in [0.05, 0.1) is 23.1 Å². The Morgan fingerprint density at radius 1 is 1.13 bits per heavy atom. The number of benzene rings is 2. The van der Waals surface area contributed by atoms with Crippen molar-refractivity contribution in [3.8, 4) is 22.4 Å². The number of anilines is 1. The number of H-pyrrole nitrogens is 1. The molecule has 0 bridgehead atoms. The second-order valence-electron chi connectivity index (χ2n) is 7.99. The van der Waals surface area contributed by atoms with Crippen molar-refractivity contribution in [3.05, 3.63) is 65.8 Å². The number of piperidine rings is 1. The van der Waals surface area contributed by atoms with Gasteiger partial charge < -0.3 is 9.88 Å². The maximum Gasteiger partial charge on any atom is 0.147 e. The number of nitrogens with zero attached hydrogens (tertiary/aromatic N) is 3. The molecule has 152 valence electrons. The molecular formula is C24H22ClFN4. The first-order chi connectivity index (χ1) is 14.6. The van der Waals surface area contributed by atoms with Crippen molar-refractivity contribution in [1.82, 2.24) is 15.0 Å². The van der Waals surface area contributed by atoms with E-state index >= 15 is 0 Å². The molecule has 0 saturated carbocycles. The molecule has 2 aromatic heterocycles. The molecule has 6 heteroatoms. The second-order valence-corrected chi connectivity index (χ2v) is 8.40. The molecule has 0 amide bonds. The number of nitrogens with one attached hydrogen (secondary N) is 1. The third kappa shape index (κ3) is 3.43. The lowest BCUT2D eigenvalue weighted by molar-refractivity contribution is 0.436. The monoisotopic (exact) mass is 420 g/mol. The SMILES string of the molecule is CC1CCN(c2cncc(-c3c[nH]c4ccc(-c5c(F)cccc5Cl)cc34)n2)CC1. The lowest BCUT2D eigenvalue weighted by atomic mass is 9.99. The van der Waals surface area contributed by atoms with E-state index in [4.69, 9.17) is 16.6 Å². The van der Waals surface area contributed by atoms with Gasteiger partial charge in [-0.05, 0) is 48.6 Å². The van der Waals surface area contributed by atoms with Crippen molar-refractivity contribution < 1.29 is 4.39 Å². The average Bonchev–Trinajstić information content (AvgIpc) is 3.18. The smallest absolute Gasteiger partial charge is 0.147 e. The van der Waals surface area contributed by atoms with E-state index in [9.17, 15) is 4.39 Å². The van der Waals surface area contributed by atoms with Crippen LogP contribution in [0.4, 0.5) is 10.2 Å². The third-order valence-electron chi connectivity index (χ3n) is 5.94. The maximum atomic E-state index is 14.5. The predicted octanol–water partition coefficient (Wildman–Crippen LogP) is 6.32. The minimum atomic E-state index is -0.333. The Morgan fingerprint density at radius 2 is 1.97 bits per heavy atom. The van der Waals surface area contributed by atoms with E-state index in [0.29, 0.717) is 10.6 Å². The number of rotatable bonds is 3. The zero-order chi connectivity index (χ0) is 20.7. The summed E-state index contributed by atoms with van der Waals surface area (Å²) in [6.45, 7) is 4.30. The normalized spacial score (nSPS) is 15.1. The fourth-order valence-electron chi connectivity index (χ4n) is 4.14. The van der Waals surface area contributed by atoms with E-state index in [1.54, 1.807) is 18.3 Å². The van der Waals surface area contributed by atoms with E-state index in [1.807, 2.05) is 30.6 Å². The van der Waals surface area contributed by atoms with Crippen LogP contribution in [-0.4, -0.2) is 28.0 Å². The van der Waals surface area contributed by atoms with Crippen LogP contribution in [0.1, 0.15) is 19.8 Å². The van der Waals surface area contributed by atoms with Crippen LogP contribution in [0.15, 0.2) is 55.0 Å². The first kappa shape index (κ1) is 19.1. The highest BCUT2D eigenvalue weighted by Crippen LogP contribution is 2.35. The fraction of sp³-hybridized carbons (Fsp3) is 0.250. The summed E-state index contributed by atoms with van der Waals surface area (Å²) >= 11 is 6.29. The topological polar surface area (TPSA) is 44.8 Å². The molecule has 1 fully saturated rings. The summed E-state index contributed by atoms with van der Waals surface area (Å²) in [5.74, 6) is 1.33. The summed E-state index contributed by atoms with van der Waals surface area (Å²) in [6.07, 6.45) is 7.89. The lowest BCUT2D eigenvalue weighted by Crippen LogP contribution is -2.33. The Kier molecular flexibility index (Phi) is 4.91. The standard InChI is InChI=1S/C24H22ClFN4/c1-15-7-9-30(10-8-15)23-14-27-13-22(29-23)18-12-28-21-6-5-16(11-17(18)21)24-19(25)3-2-4-20(24)26/h2-6,11-15,28H,7-10H2,1H3. The molecular weight excluding hydrogens is 399 g/mol. The summed E-state index contributed by atoms with van der Waals surface area (Å²) in [4.78, 5) is 14.9. The zero-order valence-electron chi connectivity index (χ0n) is 16.7. The van der Waals surface area contributed by atoms with Crippen LogP contribution in [0.25, 0.3) is 33.3 Å². The number of hydrogen-bond acceptors (Lipinski definition) is 3. The number of hydrogen-bond donors (Lipinski definition) is 1. The van der Waals surface area contributed by atoms with Crippen molar-refractivity contribution in [2.24, 2.45) is 5.92 Å². The van der Waals surface area contributed by atoms with Crippen molar-refractivity contribution in [3.63, 3.8) is 0 Å². The van der Waals surface area contributed by atoms with Gasteiger partial charge in [0.15, 0.2) is 0 Å². The summed E-state index contributed by atoms with van der Waals surface area (Å²) < 4.78 is 14.5. The molecule has 0 spiro atoms. The van der Waals surface area contributed by atoms with Gasteiger partial charge in [-0.1, -0.05) is 30.7 Å². The third-order valence-corrected chi connectivity index (χ3v) is 6.25. The molecule has 1 N–H and O–H groups in total. The molecule has 0 atom stereocenters. The van der Waals surface area contributed by atoms with Crippen LogP contribution in [0, 0.1) is 11.7 Å². The number of fused-ring (bicyclic) bond motifs is 1. The molecule has 3 heterocycles. The Labute approximate surface area is 179 Å². The van der Waals surface area contributed by atoms with Gasteiger partial charge in [0.2, 0.25) is 0 Å². The maximum absolute atomic E-state index is 14.5. The van der Waals surface area contributed by atoms with E-state index in [0.717, 1.165) is 52.5 Å². The molecule has 30 heavy (non-hydrogen) atoms. The molecule has 1 saturated heterocycles. The highest BCUT2D eigenvalue weighted by molar-refractivity contribution is 6.33. The molecule has 1 aliphatic heterocycles. The average molecular weight is 421 g/mol. The van der Waals surface area contributed by atoms with Gasteiger partial charge in [-0.2, -0.15) is 0 Å². The van der Waals surface area contributed by atoms with Crippen LogP contribution in [-0.2, 0) is 0 Å². The van der Waals surface area contributed by atoms with Crippen molar-refractivity contribution >= 4 is 28.3 Å². The largest absolute Gasteiger partial charge is 0.360 e. The fourth-order valence-corrected chi connectivity index (χ4v) is 4.41. The number of aromatic nitrogens is 3. The van der Waals surface area contributed by atoms with Crippen LogP contribution in [0.3, 0.4) is 0 Å². The van der Waals surface area contributed by atoms with Crippen molar-refractivity contribution in [1.29, 1.82) is 0 Å². The van der Waals surface area contributed by atoms with Gasteiger partial charge in [0, 0.05) is 41.3 Å². The molecule has 5 rings (SSSR count). The Morgan fingerprint density at radius 3 is 2.77 bits per heavy atom. The summed E-state index contributed by atoms with van der Waals surface area (Å²) in [7, 11) is 0. The van der Waals surface area contributed by atoms with Crippen LogP contribution < -0.4 is 4.90 Å². The van der Waals surface area contributed by atoms with Crippen LogP contribution >= 0.6 is 11.6 Å². The highest BCUT2D eigenvalue weighted by Gasteiger charge is 2.19. The number of aromatic amines is 1. The van der Waals surface area contributed by atoms with Crippen molar-refractivity contribution in [2.75, 3.05) is 18.0 Å². The molecule has 0 unspecified atom stereocenters. The van der Waals surface area contributed by atoms with Crippen LogP contribution in [0.2, 0.25) is 5.02 Å². The Balaban J connectivity index is 1.56. The number of halogens is 2. The van der Waals surface area contributed by atoms with Gasteiger partial charge in [-0.3, -0.25) is 4.98 Å². The minimum Gasteiger partial charge on any atom is -0.360 e. The zero-order valence-corrected chi connectivity index (χ0v) is 17.5. The molecule has 0 radical (unpaired) electrons. The molecule has 0 aliphatic carbocycles. The summed E-state index contributed by atoms with van der Waals surface area (Å²) in [5, 5.41) is 1.36. The van der Waals surface area contributed by atoms with Gasteiger partial charge >= 0.3 is 0 Å². The lowest BCUT2D eigenvalue weighted by Gasteiger charge is -2.31. The second kappa shape index (κ2) is 7.73. The van der Waals surface area contributed by atoms with Gasteiger partial charge in [0.1, 0.15) is 11.6 Å². The van der Waals surface area contributed by atoms with Gasteiger partial charge in [0.25, 0.3) is 0 Å². The molecule has 4 nitrogen and oxygen atoms in total. The highest BCUT2D eigenvalue weighted by atomic mass is 35.5. The summed E-state index contributed by atoms with van der Waals surface area (Å²) in [5.41, 5.74) is 3.85. The molecule has 4 aromatic rings. The minimum absolute atomic E-state index is 0.333. The van der Waals surface area contributed by atoms with Crippen LogP contribution in [0.5, 0.6) is 0 Å². The Hall–Kier alpha value is -2.92. The Bertz CT molecular complexity index is 1190. The first-order valence-corrected chi connectivity index (χ1v) is 10.6.